The van der Waals surface area contributed by atoms with Gasteiger partial charge in [-0.3, -0.25) is 4.79 Å². The Bertz CT molecular complexity index is 872. The number of rotatable bonds is 3. The van der Waals surface area contributed by atoms with Crippen LogP contribution < -0.4 is 9.47 Å². The van der Waals surface area contributed by atoms with Crippen LogP contribution in [0.3, 0.4) is 0 Å². The number of methoxy groups -OCH3 is 2. The molecule has 1 amide bonds. The number of piperidine rings is 1. The third-order valence-electron chi connectivity index (χ3n) is 5.82. The van der Waals surface area contributed by atoms with E-state index in [1.54, 1.807) is 19.2 Å². The van der Waals surface area contributed by atoms with Gasteiger partial charge in [0.15, 0.2) is 11.5 Å². The zero-order valence-electron chi connectivity index (χ0n) is 16.2. The first-order valence-corrected chi connectivity index (χ1v) is 9.54. The average Bonchev–Trinajstić information content (AvgIpc) is 2.73. The van der Waals surface area contributed by atoms with Crippen LogP contribution in [0.4, 0.5) is 0 Å². The second-order valence-corrected chi connectivity index (χ2v) is 7.27. The highest BCUT2D eigenvalue weighted by Crippen LogP contribution is 2.46. The minimum atomic E-state index is -0.404. The van der Waals surface area contributed by atoms with Crippen LogP contribution in [0, 0.1) is 0 Å². The van der Waals surface area contributed by atoms with Crippen LogP contribution in [0.1, 0.15) is 34.3 Å². The number of carbonyl (C=O) groups is 1. The Morgan fingerprint density at radius 2 is 1.86 bits per heavy atom. The summed E-state index contributed by atoms with van der Waals surface area (Å²) < 4.78 is 17.0. The second-order valence-electron chi connectivity index (χ2n) is 7.27. The molecule has 1 fully saturated rings. The first-order valence-electron chi connectivity index (χ1n) is 9.54. The van der Waals surface area contributed by atoms with Crippen molar-refractivity contribution >= 4 is 5.91 Å². The van der Waals surface area contributed by atoms with Gasteiger partial charge in [-0.25, -0.2) is 0 Å². The Morgan fingerprint density at radius 1 is 1.11 bits per heavy atom. The Labute approximate surface area is 164 Å². The molecule has 4 rings (SSSR count). The predicted octanol–water partition coefficient (Wildman–Crippen LogP) is 3.11. The number of hydrogen-bond donors (Lipinski definition) is 1. The maximum Gasteiger partial charge on any atom is 0.253 e. The summed E-state index contributed by atoms with van der Waals surface area (Å²) in [4.78, 5) is 14.7. The lowest BCUT2D eigenvalue weighted by Gasteiger charge is -2.45. The molecule has 1 spiro atoms. The SMILES string of the molecule is COc1ccc(C(=O)N2CCC3(CC2)OCCc2cccc(OC)c23)cc1O. The number of aromatic hydroxyl groups is 1. The summed E-state index contributed by atoms with van der Waals surface area (Å²) in [5.41, 5.74) is 2.46. The lowest BCUT2D eigenvalue weighted by atomic mass is 9.78. The summed E-state index contributed by atoms with van der Waals surface area (Å²) >= 11 is 0. The maximum absolute atomic E-state index is 12.9. The standard InChI is InChI=1S/C22H25NO5/c1-26-18-7-6-16(14-17(18)24)21(25)23-11-9-22(10-12-23)20-15(8-13-28-22)4-3-5-19(20)27-2/h3-7,14,24H,8-13H2,1-2H3. The zero-order valence-corrected chi connectivity index (χ0v) is 16.2. The number of hydrogen-bond acceptors (Lipinski definition) is 5. The molecule has 0 radical (unpaired) electrons. The van der Waals surface area contributed by atoms with Gasteiger partial charge in [-0.2, -0.15) is 0 Å². The summed E-state index contributed by atoms with van der Waals surface area (Å²) in [5.74, 6) is 1.09. The molecular weight excluding hydrogens is 358 g/mol. The minimum absolute atomic E-state index is 0.0314. The fraction of sp³-hybridized carbons (Fsp3) is 0.409. The van der Waals surface area contributed by atoms with Crippen molar-refractivity contribution in [2.75, 3.05) is 33.9 Å². The Balaban J connectivity index is 1.54. The number of amides is 1. The number of carbonyl (C=O) groups excluding carboxylic acids is 1. The molecule has 1 N–H and O–H groups in total. The molecule has 28 heavy (non-hydrogen) atoms. The molecule has 148 valence electrons. The third kappa shape index (κ3) is 3.07. The van der Waals surface area contributed by atoms with E-state index in [2.05, 4.69) is 6.07 Å². The molecule has 0 aromatic heterocycles. The normalized spacial score (nSPS) is 17.9. The van der Waals surface area contributed by atoms with Crippen LogP contribution in [-0.4, -0.2) is 49.8 Å². The molecule has 0 unspecified atom stereocenters. The highest BCUT2D eigenvalue weighted by Gasteiger charge is 2.43. The van der Waals surface area contributed by atoms with Crippen molar-refractivity contribution in [2.24, 2.45) is 0 Å². The molecule has 6 heteroatoms. The number of nitrogens with zero attached hydrogens (tertiary/aromatic N) is 1. The van der Waals surface area contributed by atoms with E-state index >= 15 is 0 Å². The van der Waals surface area contributed by atoms with Crippen LogP contribution in [0.2, 0.25) is 0 Å². The predicted molar refractivity (Wildman–Crippen MR) is 104 cm³/mol. The highest BCUT2D eigenvalue weighted by atomic mass is 16.5. The molecule has 0 atom stereocenters. The Hall–Kier alpha value is -2.73. The van der Waals surface area contributed by atoms with Crippen molar-refractivity contribution in [3.63, 3.8) is 0 Å². The van der Waals surface area contributed by atoms with Crippen LogP contribution in [0.5, 0.6) is 17.2 Å². The summed E-state index contributed by atoms with van der Waals surface area (Å²) in [7, 11) is 3.17. The van der Waals surface area contributed by atoms with Crippen molar-refractivity contribution < 1.29 is 24.1 Å². The third-order valence-corrected chi connectivity index (χ3v) is 5.82. The molecule has 2 aromatic rings. The molecule has 0 bridgehead atoms. The lowest BCUT2D eigenvalue weighted by molar-refractivity contribution is -0.0946. The Kier molecular flexibility index (Phi) is 4.89. The number of fused-ring (bicyclic) bond motifs is 2. The first-order chi connectivity index (χ1) is 13.6. The zero-order chi connectivity index (χ0) is 19.7. The van der Waals surface area contributed by atoms with Gasteiger partial charge in [0, 0.05) is 24.2 Å². The molecule has 6 nitrogen and oxygen atoms in total. The van der Waals surface area contributed by atoms with E-state index < -0.39 is 5.60 Å². The molecule has 2 aromatic carbocycles. The van der Waals surface area contributed by atoms with Crippen molar-refractivity contribution in [3.8, 4) is 17.2 Å². The number of phenolic OH excluding ortho intramolecular Hbond substituents is 1. The number of benzene rings is 2. The molecule has 2 aliphatic heterocycles. The quantitative estimate of drug-likeness (QED) is 0.882. The first kappa shape index (κ1) is 18.6. The summed E-state index contributed by atoms with van der Waals surface area (Å²) in [5, 5.41) is 9.97. The van der Waals surface area contributed by atoms with Gasteiger partial charge in [-0.1, -0.05) is 12.1 Å². The molecular formula is C22H25NO5. The monoisotopic (exact) mass is 383 g/mol. The van der Waals surface area contributed by atoms with Crippen LogP contribution in [0.25, 0.3) is 0 Å². The lowest BCUT2D eigenvalue weighted by Crippen LogP contribution is -2.48. The fourth-order valence-electron chi connectivity index (χ4n) is 4.37. The van der Waals surface area contributed by atoms with E-state index in [4.69, 9.17) is 14.2 Å². The summed E-state index contributed by atoms with van der Waals surface area (Å²) in [6.07, 6.45) is 2.31. The van der Waals surface area contributed by atoms with Crippen molar-refractivity contribution in [1.82, 2.24) is 4.90 Å². The summed E-state index contributed by atoms with van der Waals surface area (Å²) in [6.45, 7) is 1.85. The number of ether oxygens (including phenoxy) is 3. The van der Waals surface area contributed by atoms with Crippen LogP contribution >= 0.6 is 0 Å². The van der Waals surface area contributed by atoms with Gasteiger partial charge in [0.2, 0.25) is 0 Å². The van der Waals surface area contributed by atoms with Gasteiger partial charge in [-0.05, 0) is 49.1 Å². The van der Waals surface area contributed by atoms with Crippen LogP contribution in [0.15, 0.2) is 36.4 Å². The topological polar surface area (TPSA) is 68.2 Å². The maximum atomic E-state index is 12.9. The van der Waals surface area contributed by atoms with E-state index in [1.165, 1.54) is 18.7 Å². The van der Waals surface area contributed by atoms with Gasteiger partial charge in [0.1, 0.15) is 11.4 Å². The fourth-order valence-corrected chi connectivity index (χ4v) is 4.37. The minimum Gasteiger partial charge on any atom is -0.504 e. The van der Waals surface area contributed by atoms with Gasteiger partial charge < -0.3 is 24.2 Å². The molecule has 2 heterocycles. The molecule has 0 saturated carbocycles. The van der Waals surface area contributed by atoms with Gasteiger partial charge in [0.05, 0.1) is 20.8 Å². The average molecular weight is 383 g/mol. The largest absolute Gasteiger partial charge is 0.504 e. The second kappa shape index (κ2) is 7.36. The van der Waals surface area contributed by atoms with Gasteiger partial charge in [0.25, 0.3) is 5.91 Å². The van der Waals surface area contributed by atoms with Gasteiger partial charge >= 0.3 is 0 Å². The van der Waals surface area contributed by atoms with E-state index in [1.807, 2.05) is 17.0 Å². The van der Waals surface area contributed by atoms with E-state index in [0.29, 0.717) is 43.9 Å². The van der Waals surface area contributed by atoms with Crippen molar-refractivity contribution in [2.45, 2.75) is 24.9 Å². The molecule has 0 aliphatic carbocycles. The summed E-state index contributed by atoms with van der Waals surface area (Å²) in [6, 6.07) is 10.9. The number of likely N-dealkylation sites (tertiary alicyclic amines) is 1. The highest BCUT2D eigenvalue weighted by molar-refractivity contribution is 5.95. The molecule has 1 saturated heterocycles. The molecule has 2 aliphatic rings. The van der Waals surface area contributed by atoms with Crippen molar-refractivity contribution in [3.05, 3.63) is 53.1 Å². The van der Waals surface area contributed by atoms with E-state index in [-0.39, 0.29) is 11.7 Å². The Morgan fingerprint density at radius 3 is 2.54 bits per heavy atom. The number of phenols is 1. The van der Waals surface area contributed by atoms with E-state index in [0.717, 1.165) is 17.7 Å². The van der Waals surface area contributed by atoms with Crippen LogP contribution in [-0.2, 0) is 16.8 Å². The smallest absolute Gasteiger partial charge is 0.253 e. The van der Waals surface area contributed by atoms with E-state index in [9.17, 15) is 9.90 Å². The van der Waals surface area contributed by atoms with Gasteiger partial charge in [-0.15, -0.1) is 0 Å². The van der Waals surface area contributed by atoms with Crippen molar-refractivity contribution in [1.29, 1.82) is 0 Å².